The number of nitrogens with zero attached hydrogens (tertiary/aromatic N) is 2. The quantitative estimate of drug-likeness (QED) is 0.238. The molecule has 4 unspecified atom stereocenters. The highest BCUT2D eigenvalue weighted by molar-refractivity contribution is 7.79. The summed E-state index contributed by atoms with van der Waals surface area (Å²) in [5.41, 5.74) is 1.64. The molecule has 2 aromatic carbocycles. The highest BCUT2D eigenvalue weighted by Gasteiger charge is 2.41. The van der Waals surface area contributed by atoms with Crippen molar-refractivity contribution in [2.24, 2.45) is 0 Å². The second-order valence-electron chi connectivity index (χ2n) is 12.9. The molecule has 0 spiro atoms. The fourth-order valence-electron chi connectivity index (χ4n) is 7.41. The van der Waals surface area contributed by atoms with Crippen LogP contribution in [0.25, 0.3) is 0 Å². The largest absolute Gasteiger partial charge is 0.462 e. The Hall–Kier alpha value is -2.91. The van der Waals surface area contributed by atoms with Crippen molar-refractivity contribution in [3.8, 4) is 0 Å². The van der Waals surface area contributed by atoms with Crippen LogP contribution in [-0.4, -0.2) is 113 Å². The smallest absolute Gasteiger partial charge is 0.394 e. The number of esters is 2. The van der Waals surface area contributed by atoms with Gasteiger partial charge in [0.2, 0.25) is 0 Å². The molecule has 4 saturated heterocycles. The Balaban J connectivity index is 0.000000186. The molecule has 260 valence electrons. The summed E-state index contributed by atoms with van der Waals surface area (Å²) in [5, 5.41) is 19.1. The fourth-order valence-corrected chi connectivity index (χ4v) is 7.41. The van der Waals surface area contributed by atoms with Gasteiger partial charge in [0.05, 0.1) is 13.2 Å². The molecule has 0 saturated carbocycles. The van der Waals surface area contributed by atoms with Gasteiger partial charge in [0, 0.05) is 24.2 Å². The molecule has 0 aromatic heterocycles. The molecule has 13 heteroatoms. The van der Waals surface area contributed by atoms with Gasteiger partial charge >= 0.3 is 22.3 Å². The normalized spacial score (nSPS) is 28.1. The van der Waals surface area contributed by atoms with E-state index in [-0.39, 0.29) is 37.4 Å². The highest BCUT2D eigenvalue weighted by atomic mass is 32.3. The van der Waals surface area contributed by atoms with Crippen molar-refractivity contribution in [1.29, 1.82) is 0 Å². The zero-order valence-corrected chi connectivity index (χ0v) is 27.8. The summed E-state index contributed by atoms with van der Waals surface area (Å²) in [7, 11) is -0.332. The van der Waals surface area contributed by atoms with E-state index in [1.807, 2.05) is 60.7 Å². The Bertz CT molecular complexity index is 1270. The summed E-state index contributed by atoms with van der Waals surface area (Å²) in [6, 6.07) is 20.9. The maximum Gasteiger partial charge on any atom is 0.394 e. The van der Waals surface area contributed by atoms with Gasteiger partial charge in [-0.1, -0.05) is 60.7 Å². The van der Waals surface area contributed by atoms with Crippen molar-refractivity contribution in [2.75, 3.05) is 27.3 Å². The monoisotopic (exact) mass is 676 g/mol. The molecule has 4 heterocycles. The predicted molar refractivity (Wildman–Crippen MR) is 174 cm³/mol. The number of rotatable bonds is 8. The van der Waals surface area contributed by atoms with Crippen molar-refractivity contribution in [1.82, 2.24) is 9.80 Å². The zero-order valence-electron chi connectivity index (χ0n) is 27.0. The third kappa shape index (κ3) is 10.5. The van der Waals surface area contributed by atoms with E-state index in [9.17, 15) is 19.8 Å². The lowest BCUT2D eigenvalue weighted by molar-refractivity contribution is -0.156. The third-order valence-electron chi connectivity index (χ3n) is 10.0. The van der Waals surface area contributed by atoms with Crippen LogP contribution in [0.3, 0.4) is 0 Å². The van der Waals surface area contributed by atoms with E-state index < -0.39 is 22.2 Å². The summed E-state index contributed by atoms with van der Waals surface area (Å²) in [6.07, 6.45) is 8.52. The molecule has 2 aromatic rings. The van der Waals surface area contributed by atoms with Gasteiger partial charge in [-0.15, -0.1) is 0 Å². The van der Waals surface area contributed by atoms with Crippen molar-refractivity contribution < 1.29 is 46.8 Å². The van der Waals surface area contributed by atoms with E-state index in [1.165, 1.54) is 25.7 Å². The molecule has 0 aliphatic carbocycles. The Kier molecular flexibility index (Phi) is 13.3. The van der Waals surface area contributed by atoms with E-state index in [0.717, 1.165) is 36.8 Å². The van der Waals surface area contributed by atoms with Crippen LogP contribution in [0.1, 0.15) is 74.3 Å². The van der Waals surface area contributed by atoms with Crippen molar-refractivity contribution >= 4 is 22.3 Å². The molecule has 4 fully saturated rings. The van der Waals surface area contributed by atoms with Gasteiger partial charge in [0.15, 0.2) is 0 Å². The number of carbonyl (C=O) groups excluding carboxylic acids is 2. The molecular formula is C34H48N2O10S. The van der Waals surface area contributed by atoms with Crippen LogP contribution in [0.15, 0.2) is 60.7 Å². The van der Waals surface area contributed by atoms with Gasteiger partial charge in [0.25, 0.3) is 0 Å². The molecule has 47 heavy (non-hydrogen) atoms. The Morgan fingerprint density at radius 2 is 0.936 bits per heavy atom. The van der Waals surface area contributed by atoms with Gasteiger partial charge < -0.3 is 29.5 Å². The number of aliphatic hydroxyl groups excluding tert-OH is 2. The molecule has 4 N–H and O–H groups in total. The van der Waals surface area contributed by atoms with E-state index in [4.69, 9.17) is 27.0 Å². The number of ether oxygens (including phenoxy) is 2. The number of carbonyl (C=O) groups is 2. The Morgan fingerprint density at radius 1 is 0.660 bits per heavy atom. The first-order valence-electron chi connectivity index (χ1n) is 16.2. The van der Waals surface area contributed by atoms with E-state index >= 15 is 0 Å². The minimum absolute atomic E-state index is 0.00367. The lowest BCUT2D eigenvalue weighted by atomic mass is 9.98. The molecule has 4 aliphatic heterocycles. The molecule has 12 nitrogen and oxygen atoms in total. The fraction of sp³-hybridized carbons (Fsp3) is 0.588. The minimum atomic E-state index is -4.67. The lowest BCUT2D eigenvalue weighted by Gasteiger charge is -2.36. The first-order valence-corrected chi connectivity index (χ1v) is 17.6. The van der Waals surface area contributed by atoms with Crippen LogP contribution in [0.5, 0.6) is 0 Å². The summed E-state index contributed by atoms with van der Waals surface area (Å²) in [4.78, 5) is 29.6. The standard InChI is InChI=1S/2C17H23NO3.H2O4S/c2*1-18-13-7-8-14(18)10-15(9-13)21-17(20)16(11-19)12-5-3-2-4-6-12;1-5(2,3)4/h2*2-6,13-16,19H,7-11H2,1H3;(H2,1,2,3,4)/t2*13?,14?,15?,16-;/m11./s1. The van der Waals surface area contributed by atoms with Gasteiger partial charge in [0.1, 0.15) is 24.0 Å². The number of hydrogen-bond donors (Lipinski definition) is 4. The first kappa shape index (κ1) is 36.9. The van der Waals surface area contributed by atoms with Gasteiger partial charge in [-0.25, -0.2) is 0 Å². The minimum Gasteiger partial charge on any atom is -0.462 e. The maximum absolute atomic E-state index is 12.4. The van der Waals surface area contributed by atoms with Crippen molar-refractivity contribution in [3.05, 3.63) is 71.8 Å². The van der Waals surface area contributed by atoms with Crippen LogP contribution in [0.2, 0.25) is 0 Å². The number of hydrogen-bond acceptors (Lipinski definition) is 10. The SMILES string of the molecule is CN1C2CCC1CC(OC(=O)[C@H](CO)c1ccccc1)C2.CN1C2CCC1CC(OC(=O)[C@H](CO)c1ccccc1)C2.O=S(=O)(O)O. The van der Waals surface area contributed by atoms with Gasteiger partial charge in [-0.2, -0.15) is 8.42 Å². The van der Waals surface area contributed by atoms with E-state index in [0.29, 0.717) is 24.2 Å². The molecule has 6 atom stereocenters. The average Bonchev–Trinajstić information content (AvgIpc) is 3.34. The molecule has 0 radical (unpaired) electrons. The number of fused-ring (bicyclic) bond motifs is 4. The van der Waals surface area contributed by atoms with Crippen molar-refractivity contribution in [2.45, 2.75) is 99.6 Å². The second kappa shape index (κ2) is 17.0. The molecular weight excluding hydrogens is 628 g/mol. The van der Waals surface area contributed by atoms with Crippen LogP contribution in [0.4, 0.5) is 0 Å². The highest BCUT2D eigenvalue weighted by Crippen LogP contribution is 2.37. The molecule has 4 bridgehead atoms. The molecule has 4 aliphatic rings. The van der Waals surface area contributed by atoms with Crippen LogP contribution < -0.4 is 0 Å². The summed E-state index contributed by atoms with van der Waals surface area (Å²) in [6.45, 7) is -0.412. The van der Waals surface area contributed by atoms with Gasteiger partial charge in [-0.3, -0.25) is 18.7 Å². The van der Waals surface area contributed by atoms with E-state index in [1.54, 1.807) is 0 Å². The van der Waals surface area contributed by atoms with Crippen LogP contribution in [-0.2, 0) is 29.5 Å². The van der Waals surface area contributed by atoms with Gasteiger partial charge in [-0.05, 0) is 76.6 Å². The maximum atomic E-state index is 12.4. The first-order chi connectivity index (χ1) is 22.4. The van der Waals surface area contributed by atoms with E-state index in [2.05, 4.69) is 23.9 Å². The van der Waals surface area contributed by atoms with Crippen LogP contribution >= 0.6 is 0 Å². The number of aliphatic hydroxyl groups is 2. The lowest BCUT2D eigenvalue weighted by Crippen LogP contribution is -2.43. The second-order valence-corrected chi connectivity index (χ2v) is 13.8. The Labute approximate surface area is 277 Å². The Morgan fingerprint density at radius 3 is 1.19 bits per heavy atom. The molecule has 6 rings (SSSR count). The number of piperidine rings is 2. The van der Waals surface area contributed by atoms with Crippen molar-refractivity contribution in [3.63, 3.8) is 0 Å². The average molecular weight is 677 g/mol. The summed E-state index contributed by atoms with van der Waals surface area (Å²) in [5.74, 6) is -1.72. The summed E-state index contributed by atoms with van der Waals surface area (Å²) < 4.78 is 43.0. The zero-order chi connectivity index (χ0) is 34.1. The third-order valence-corrected chi connectivity index (χ3v) is 10.0. The summed E-state index contributed by atoms with van der Waals surface area (Å²) >= 11 is 0. The topological polar surface area (TPSA) is 174 Å². The molecule has 0 amide bonds. The number of benzene rings is 2. The predicted octanol–water partition coefficient (Wildman–Crippen LogP) is 3.21. The van der Waals surface area contributed by atoms with Crippen LogP contribution in [0, 0.1) is 0 Å².